The van der Waals surface area contributed by atoms with Crippen molar-refractivity contribution in [3.63, 3.8) is 0 Å². The maximum absolute atomic E-state index is 13.9. The number of rotatable bonds is 8. The van der Waals surface area contributed by atoms with E-state index in [1.165, 1.54) is 18.2 Å². The Morgan fingerprint density at radius 3 is 2.38 bits per heavy atom. The molecular weight excluding hydrogens is 359 g/mol. The molecule has 1 N–H and O–H groups in total. The van der Waals surface area contributed by atoms with Gasteiger partial charge >= 0.3 is 0 Å². The summed E-state index contributed by atoms with van der Waals surface area (Å²) in [5.74, 6) is -0.470. The van der Waals surface area contributed by atoms with Crippen molar-refractivity contribution in [1.29, 1.82) is 0 Å². The Morgan fingerprint density at radius 2 is 1.81 bits per heavy atom. The van der Waals surface area contributed by atoms with Gasteiger partial charge in [-0.3, -0.25) is 9.10 Å². The molecule has 1 amide bonds. The van der Waals surface area contributed by atoms with Gasteiger partial charge in [0.2, 0.25) is 15.9 Å². The van der Waals surface area contributed by atoms with Crippen molar-refractivity contribution < 1.29 is 22.3 Å². The van der Waals surface area contributed by atoms with E-state index in [9.17, 15) is 17.6 Å². The zero-order valence-corrected chi connectivity index (χ0v) is 15.4. The second kappa shape index (κ2) is 8.66. The van der Waals surface area contributed by atoms with Crippen LogP contribution >= 0.6 is 0 Å². The largest absolute Gasteiger partial charge is 0.497 e. The minimum absolute atomic E-state index is 0.152. The number of carbonyl (C=O) groups is 1. The summed E-state index contributed by atoms with van der Waals surface area (Å²) in [4.78, 5) is 12.1. The lowest BCUT2D eigenvalue weighted by Crippen LogP contribution is -2.41. The van der Waals surface area contributed by atoms with Gasteiger partial charge in [0.05, 0.1) is 19.1 Å². The smallest absolute Gasteiger partial charge is 0.240 e. The number of sulfonamides is 1. The van der Waals surface area contributed by atoms with Crippen LogP contribution in [0.15, 0.2) is 48.5 Å². The Labute approximate surface area is 152 Å². The van der Waals surface area contributed by atoms with Crippen molar-refractivity contribution in [2.75, 3.05) is 30.8 Å². The zero-order valence-electron chi connectivity index (χ0n) is 14.6. The molecule has 0 fully saturated rings. The van der Waals surface area contributed by atoms with Crippen LogP contribution in [0.25, 0.3) is 0 Å². The first kappa shape index (κ1) is 19.7. The minimum atomic E-state index is -3.80. The predicted octanol–water partition coefficient (Wildman–Crippen LogP) is 1.96. The number of hydrogen-bond donors (Lipinski definition) is 1. The lowest BCUT2D eigenvalue weighted by molar-refractivity contribution is -0.119. The van der Waals surface area contributed by atoms with E-state index in [1.807, 2.05) is 24.3 Å². The molecule has 8 heteroatoms. The monoisotopic (exact) mass is 380 g/mol. The van der Waals surface area contributed by atoms with E-state index < -0.39 is 28.3 Å². The van der Waals surface area contributed by atoms with Crippen molar-refractivity contribution in [1.82, 2.24) is 5.32 Å². The van der Waals surface area contributed by atoms with Gasteiger partial charge in [-0.2, -0.15) is 0 Å². The quantitative estimate of drug-likeness (QED) is 0.760. The number of methoxy groups -OCH3 is 1. The number of carbonyl (C=O) groups excluding carboxylic acids is 1. The van der Waals surface area contributed by atoms with Gasteiger partial charge in [-0.15, -0.1) is 0 Å². The first-order chi connectivity index (χ1) is 12.3. The van der Waals surface area contributed by atoms with E-state index in [1.54, 1.807) is 7.11 Å². The molecule has 2 aromatic rings. The number of amides is 1. The fourth-order valence-corrected chi connectivity index (χ4v) is 3.22. The molecular formula is C18H21FN2O4S. The molecule has 0 bridgehead atoms. The summed E-state index contributed by atoms with van der Waals surface area (Å²) in [5, 5.41) is 2.65. The summed E-state index contributed by atoms with van der Waals surface area (Å²) < 4.78 is 43.6. The Balaban J connectivity index is 1.96. The normalized spacial score (nSPS) is 11.0. The maximum Gasteiger partial charge on any atom is 0.240 e. The lowest BCUT2D eigenvalue weighted by Gasteiger charge is -2.22. The van der Waals surface area contributed by atoms with Crippen LogP contribution in [0.1, 0.15) is 5.56 Å². The third-order valence-corrected chi connectivity index (χ3v) is 4.83. The van der Waals surface area contributed by atoms with Crippen molar-refractivity contribution in [3.8, 4) is 5.75 Å². The number of benzene rings is 2. The number of nitrogens with one attached hydrogen (secondary N) is 1. The zero-order chi connectivity index (χ0) is 19.2. The predicted molar refractivity (Wildman–Crippen MR) is 98.3 cm³/mol. The van der Waals surface area contributed by atoms with Gasteiger partial charge in [0.1, 0.15) is 18.1 Å². The van der Waals surface area contributed by atoms with E-state index >= 15 is 0 Å². The molecule has 0 heterocycles. The molecule has 0 aromatic heterocycles. The van der Waals surface area contributed by atoms with Crippen molar-refractivity contribution >= 4 is 21.6 Å². The highest BCUT2D eigenvalue weighted by atomic mass is 32.2. The molecule has 26 heavy (non-hydrogen) atoms. The second-order valence-electron chi connectivity index (χ2n) is 5.67. The summed E-state index contributed by atoms with van der Waals surface area (Å²) in [6.45, 7) is -0.150. The molecule has 0 saturated heterocycles. The molecule has 6 nitrogen and oxygen atoms in total. The molecule has 0 aliphatic heterocycles. The Morgan fingerprint density at radius 1 is 1.15 bits per heavy atom. The van der Waals surface area contributed by atoms with Crippen molar-refractivity contribution in [2.45, 2.75) is 6.42 Å². The van der Waals surface area contributed by atoms with Crippen LogP contribution < -0.4 is 14.4 Å². The molecule has 2 aromatic carbocycles. The topological polar surface area (TPSA) is 75.7 Å². The Hall–Kier alpha value is -2.61. The molecule has 0 aliphatic carbocycles. The highest BCUT2D eigenvalue weighted by molar-refractivity contribution is 7.92. The van der Waals surface area contributed by atoms with Gasteiger partial charge in [-0.05, 0) is 36.2 Å². The second-order valence-corrected chi connectivity index (χ2v) is 7.58. The van der Waals surface area contributed by atoms with E-state index in [2.05, 4.69) is 5.32 Å². The molecule has 0 spiro atoms. The van der Waals surface area contributed by atoms with Crippen LogP contribution in [0.5, 0.6) is 5.75 Å². The van der Waals surface area contributed by atoms with Gasteiger partial charge in [0, 0.05) is 6.54 Å². The molecule has 2 rings (SSSR count). The maximum atomic E-state index is 13.9. The third kappa shape index (κ3) is 5.45. The first-order valence-corrected chi connectivity index (χ1v) is 9.78. The number of anilines is 1. The summed E-state index contributed by atoms with van der Waals surface area (Å²) in [7, 11) is -2.22. The summed E-state index contributed by atoms with van der Waals surface area (Å²) in [6.07, 6.45) is 1.51. The van der Waals surface area contributed by atoms with Crippen LogP contribution in [0.4, 0.5) is 10.1 Å². The fraction of sp³-hybridized carbons (Fsp3) is 0.278. The summed E-state index contributed by atoms with van der Waals surface area (Å²) >= 11 is 0. The molecule has 0 radical (unpaired) electrons. The standard InChI is InChI=1S/C18H21FN2O4S/c1-25-15-9-7-14(8-10-15)11-12-20-18(22)13-21(26(2,23)24)17-6-4-3-5-16(17)19/h3-10H,11-13H2,1-2H3,(H,20,22). The van der Waals surface area contributed by atoms with Crippen LogP contribution in [0.2, 0.25) is 0 Å². The van der Waals surface area contributed by atoms with Gasteiger partial charge in [-0.1, -0.05) is 24.3 Å². The molecule has 0 unspecified atom stereocenters. The number of halogens is 1. The van der Waals surface area contributed by atoms with Crippen LogP contribution in [0.3, 0.4) is 0 Å². The van der Waals surface area contributed by atoms with E-state index in [4.69, 9.17) is 4.74 Å². The Kier molecular flexibility index (Phi) is 6.57. The fourth-order valence-electron chi connectivity index (χ4n) is 2.36. The lowest BCUT2D eigenvalue weighted by atomic mass is 10.1. The van der Waals surface area contributed by atoms with E-state index in [-0.39, 0.29) is 5.69 Å². The average Bonchev–Trinajstić information content (AvgIpc) is 2.60. The molecule has 140 valence electrons. The van der Waals surface area contributed by atoms with E-state index in [0.717, 1.165) is 27.9 Å². The summed E-state index contributed by atoms with van der Waals surface area (Å²) in [6, 6.07) is 12.8. The molecule has 0 atom stereocenters. The van der Waals surface area contributed by atoms with Crippen LogP contribution in [0, 0.1) is 5.82 Å². The minimum Gasteiger partial charge on any atom is -0.497 e. The van der Waals surface area contributed by atoms with E-state index in [0.29, 0.717) is 13.0 Å². The van der Waals surface area contributed by atoms with Crippen molar-refractivity contribution in [3.05, 3.63) is 59.9 Å². The van der Waals surface area contributed by atoms with Gasteiger partial charge in [0.25, 0.3) is 0 Å². The highest BCUT2D eigenvalue weighted by Crippen LogP contribution is 2.20. The summed E-state index contributed by atoms with van der Waals surface area (Å²) in [5.41, 5.74) is 0.848. The SMILES string of the molecule is COc1ccc(CCNC(=O)CN(c2ccccc2F)S(C)(=O)=O)cc1. The molecule has 0 aliphatic rings. The van der Waals surface area contributed by atoms with Crippen LogP contribution in [-0.2, 0) is 21.2 Å². The average molecular weight is 380 g/mol. The van der Waals surface area contributed by atoms with Crippen molar-refractivity contribution in [2.24, 2.45) is 0 Å². The van der Waals surface area contributed by atoms with Gasteiger partial charge in [0.15, 0.2) is 0 Å². The van der Waals surface area contributed by atoms with Crippen LogP contribution in [-0.4, -0.2) is 40.8 Å². The Bertz CT molecular complexity index is 854. The molecule has 0 saturated carbocycles. The number of ether oxygens (including phenoxy) is 1. The number of nitrogens with zero attached hydrogens (tertiary/aromatic N) is 1. The first-order valence-electron chi connectivity index (χ1n) is 7.93. The van der Waals surface area contributed by atoms with Gasteiger partial charge < -0.3 is 10.1 Å². The number of hydrogen-bond acceptors (Lipinski definition) is 4. The third-order valence-electron chi connectivity index (χ3n) is 3.70. The van der Waals surface area contributed by atoms with Gasteiger partial charge in [-0.25, -0.2) is 12.8 Å². The highest BCUT2D eigenvalue weighted by Gasteiger charge is 2.23. The number of para-hydroxylation sites is 1.